The average molecular weight is 346 g/mol. The third-order valence-electron chi connectivity index (χ3n) is 5.41. The molecule has 1 unspecified atom stereocenters. The van der Waals surface area contributed by atoms with Crippen molar-refractivity contribution in [3.8, 4) is 0 Å². The monoisotopic (exact) mass is 345 g/mol. The molecule has 2 rings (SSSR count). The van der Waals surface area contributed by atoms with Crippen LogP contribution in [0.5, 0.6) is 0 Å². The Labute approximate surface area is 152 Å². The molecule has 1 heterocycles. The lowest BCUT2D eigenvalue weighted by atomic mass is 9.70. The molecule has 25 heavy (non-hydrogen) atoms. The largest absolute Gasteiger partial charge is 0.334 e. The fraction of sp³-hybridized carbons (Fsp3) is 0.591. The number of carbonyl (C=O) groups is 1. The minimum absolute atomic E-state index is 0.0400. The summed E-state index contributed by atoms with van der Waals surface area (Å²) in [6.45, 7) is 12.2. The van der Waals surface area contributed by atoms with Crippen molar-refractivity contribution in [3.05, 3.63) is 46.8 Å². The summed E-state index contributed by atoms with van der Waals surface area (Å²) in [4.78, 5) is 15.1. The van der Waals surface area contributed by atoms with E-state index in [4.69, 9.17) is 0 Å². The zero-order chi connectivity index (χ0) is 18.6. The first-order valence-electron chi connectivity index (χ1n) is 9.59. The van der Waals surface area contributed by atoms with Gasteiger partial charge in [-0.15, -0.1) is 0 Å². The van der Waals surface area contributed by atoms with Crippen LogP contribution in [0.25, 0.3) is 0 Å². The van der Waals surface area contributed by atoms with E-state index in [0.29, 0.717) is 6.54 Å². The van der Waals surface area contributed by atoms with Gasteiger partial charge >= 0.3 is 0 Å². The molecule has 0 N–H and O–H groups in total. The third kappa shape index (κ3) is 4.31. The number of carbonyl (C=O) groups excluding carboxylic acids is 1. The molecule has 1 amide bonds. The van der Waals surface area contributed by atoms with Gasteiger partial charge in [0.15, 0.2) is 0 Å². The van der Waals surface area contributed by atoms with Crippen LogP contribution in [0.3, 0.4) is 0 Å². The Balaban J connectivity index is 2.38. The maximum absolute atomic E-state index is 13.2. The first-order chi connectivity index (χ1) is 11.8. The van der Waals surface area contributed by atoms with E-state index in [1.807, 2.05) is 4.90 Å². The average Bonchev–Trinajstić information content (AvgIpc) is 2.57. The predicted octanol–water partition coefficient (Wildman–Crippen LogP) is 5.73. The summed E-state index contributed by atoms with van der Waals surface area (Å²) < 4.78 is 13.2. The number of hydrogen-bond donors (Lipinski definition) is 0. The first kappa shape index (κ1) is 19.7. The second kappa shape index (κ2) is 8.16. The van der Waals surface area contributed by atoms with Crippen molar-refractivity contribution >= 4 is 5.91 Å². The number of hydrogen-bond acceptors (Lipinski definition) is 1. The lowest BCUT2D eigenvalue weighted by Gasteiger charge is -2.44. The normalized spacial score (nSPS) is 21.4. The lowest BCUT2D eigenvalue weighted by Crippen LogP contribution is -2.47. The lowest BCUT2D eigenvalue weighted by molar-refractivity contribution is -0.131. The van der Waals surface area contributed by atoms with Crippen LogP contribution in [0.4, 0.5) is 4.39 Å². The molecule has 0 saturated carbocycles. The molecule has 3 heteroatoms. The van der Waals surface area contributed by atoms with E-state index in [1.54, 1.807) is 12.1 Å². The van der Waals surface area contributed by atoms with Gasteiger partial charge in [-0.2, -0.15) is 0 Å². The fourth-order valence-corrected chi connectivity index (χ4v) is 4.16. The van der Waals surface area contributed by atoms with Crippen LogP contribution in [-0.2, 0) is 11.3 Å². The van der Waals surface area contributed by atoms with Crippen LogP contribution in [0.1, 0.15) is 65.9 Å². The summed E-state index contributed by atoms with van der Waals surface area (Å²) >= 11 is 0. The summed E-state index contributed by atoms with van der Waals surface area (Å²) in [5, 5.41) is 0. The molecule has 1 aliphatic rings. The third-order valence-corrected chi connectivity index (χ3v) is 5.41. The van der Waals surface area contributed by atoms with Gasteiger partial charge in [0.05, 0.1) is 0 Å². The van der Waals surface area contributed by atoms with Crippen LogP contribution >= 0.6 is 0 Å². The summed E-state index contributed by atoms with van der Waals surface area (Å²) in [6, 6.07) is 6.49. The van der Waals surface area contributed by atoms with Gasteiger partial charge in [-0.05, 0) is 36.5 Å². The van der Waals surface area contributed by atoms with Crippen molar-refractivity contribution in [1.82, 2.24) is 4.90 Å². The number of nitrogens with zero attached hydrogens (tertiary/aromatic N) is 1. The highest BCUT2D eigenvalue weighted by molar-refractivity contribution is 5.96. The Kier molecular flexibility index (Phi) is 6.42. The Morgan fingerprint density at radius 2 is 1.84 bits per heavy atom. The molecule has 138 valence electrons. The van der Waals surface area contributed by atoms with Gasteiger partial charge in [0.25, 0.3) is 0 Å². The molecule has 1 aliphatic heterocycles. The Morgan fingerprint density at radius 1 is 1.20 bits per heavy atom. The van der Waals surface area contributed by atoms with Gasteiger partial charge in [0.1, 0.15) is 5.82 Å². The highest BCUT2D eigenvalue weighted by atomic mass is 19.1. The van der Waals surface area contributed by atoms with Gasteiger partial charge in [0, 0.05) is 24.1 Å². The van der Waals surface area contributed by atoms with Crippen LogP contribution in [0.2, 0.25) is 0 Å². The maximum atomic E-state index is 13.2. The minimum Gasteiger partial charge on any atom is -0.334 e. The second-order valence-electron chi connectivity index (χ2n) is 7.85. The van der Waals surface area contributed by atoms with Crippen molar-refractivity contribution < 1.29 is 9.18 Å². The van der Waals surface area contributed by atoms with Gasteiger partial charge < -0.3 is 4.90 Å². The molecule has 0 spiro atoms. The molecule has 0 saturated heterocycles. The highest BCUT2D eigenvalue weighted by Crippen LogP contribution is 2.43. The van der Waals surface area contributed by atoms with E-state index < -0.39 is 0 Å². The predicted molar refractivity (Wildman–Crippen MR) is 102 cm³/mol. The second-order valence-corrected chi connectivity index (χ2v) is 7.85. The van der Waals surface area contributed by atoms with Crippen LogP contribution in [-0.4, -0.2) is 17.4 Å². The van der Waals surface area contributed by atoms with Crippen molar-refractivity contribution in [2.24, 2.45) is 11.3 Å². The molecule has 1 atom stereocenters. The zero-order valence-electron chi connectivity index (χ0n) is 16.4. The van der Waals surface area contributed by atoms with Crippen molar-refractivity contribution in [1.29, 1.82) is 0 Å². The van der Waals surface area contributed by atoms with E-state index in [2.05, 4.69) is 34.6 Å². The zero-order valence-corrected chi connectivity index (χ0v) is 16.4. The van der Waals surface area contributed by atoms with Crippen molar-refractivity contribution in [3.63, 3.8) is 0 Å². The molecule has 0 fully saturated rings. The van der Waals surface area contributed by atoms with E-state index in [1.165, 1.54) is 24.1 Å². The maximum Gasteiger partial charge on any atom is 0.250 e. The van der Waals surface area contributed by atoms with Crippen molar-refractivity contribution in [2.45, 2.75) is 66.8 Å². The van der Waals surface area contributed by atoms with Gasteiger partial charge in [0.2, 0.25) is 5.91 Å². The number of amides is 1. The van der Waals surface area contributed by atoms with Gasteiger partial charge in [-0.1, -0.05) is 65.2 Å². The molecule has 0 aromatic heterocycles. The quantitative estimate of drug-likeness (QED) is 0.618. The highest BCUT2D eigenvalue weighted by Gasteiger charge is 2.40. The Bertz CT molecular complexity index is 632. The molecule has 1 aromatic rings. The standard InChI is InChI=1S/C22H32FNO/c1-6-8-13-22(5)15-24(14-17-9-11-18(23)12-10-17)21(25)20(16(3)4)19(22)7-2/h9-12,16H,6-8,13-15H2,1-5H3. The molecule has 2 nitrogen and oxygen atoms in total. The van der Waals surface area contributed by atoms with E-state index in [0.717, 1.165) is 36.9 Å². The number of benzene rings is 1. The van der Waals surface area contributed by atoms with Gasteiger partial charge in [-0.3, -0.25) is 4.79 Å². The summed E-state index contributed by atoms with van der Waals surface area (Å²) in [7, 11) is 0. The number of rotatable bonds is 7. The number of unbranched alkanes of at least 4 members (excludes halogenated alkanes) is 1. The minimum atomic E-state index is -0.238. The molecule has 0 aliphatic carbocycles. The molecular formula is C22H32FNO. The van der Waals surface area contributed by atoms with E-state index >= 15 is 0 Å². The van der Waals surface area contributed by atoms with Crippen molar-refractivity contribution in [2.75, 3.05) is 6.54 Å². The molecule has 0 radical (unpaired) electrons. The topological polar surface area (TPSA) is 20.3 Å². The first-order valence-corrected chi connectivity index (χ1v) is 9.59. The van der Waals surface area contributed by atoms with Gasteiger partial charge in [-0.25, -0.2) is 4.39 Å². The molecular weight excluding hydrogens is 313 g/mol. The Morgan fingerprint density at radius 3 is 2.36 bits per heavy atom. The summed E-state index contributed by atoms with van der Waals surface area (Å²) in [5.74, 6) is 0.141. The molecule has 0 bridgehead atoms. The smallest absolute Gasteiger partial charge is 0.250 e. The van der Waals surface area contributed by atoms with Crippen LogP contribution in [0, 0.1) is 17.2 Å². The van der Waals surface area contributed by atoms with E-state index in [9.17, 15) is 9.18 Å². The summed E-state index contributed by atoms with van der Waals surface area (Å²) in [5.41, 5.74) is 3.36. The fourth-order valence-electron chi connectivity index (χ4n) is 4.16. The SMILES string of the molecule is CCCCC1(C)CN(Cc2ccc(F)cc2)C(=O)C(C(C)C)=C1CC. The number of halogens is 1. The Hall–Kier alpha value is -1.64. The van der Waals surface area contributed by atoms with Crippen LogP contribution < -0.4 is 0 Å². The van der Waals surface area contributed by atoms with Crippen LogP contribution in [0.15, 0.2) is 35.4 Å². The van der Waals surface area contributed by atoms with E-state index in [-0.39, 0.29) is 23.1 Å². The summed E-state index contributed by atoms with van der Waals surface area (Å²) in [6.07, 6.45) is 4.37. The molecule has 1 aromatic carbocycles.